The lowest BCUT2D eigenvalue weighted by atomic mass is 9.68. The number of fused-ring (bicyclic) bond motifs is 1. The molecule has 1 saturated heterocycles. The first kappa shape index (κ1) is 22.4. The molecule has 6 atom stereocenters. The van der Waals surface area contributed by atoms with Gasteiger partial charge in [-0.1, -0.05) is 38.8 Å². The number of likely N-dealkylation sites (tertiary alicyclic amines) is 1. The molecule has 28 heavy (non-hydrogen) atoms. The van der Waals surface area contributed by atoms with Gasteiger partial charge in [0.05, 0.1) is 18.4 Å². The Hall–Kier alpha value is -1.89. The van der Waals surface area contributed by atoms with Gasteiger partial charge in [-0.3, -0.25) is 14.4 Å². The van der Waals surface area contributed by atoms with E-state index in [0.29, 0.717) is 0 Å². The molecule has 0 aromatic rings. The van der Waals surface area contributed by atoms with Crippen molar-refractivity contribution >= 4 is 17.7 Å². The number of β-amino-alcohol motifs (C(OH)–C–C–N with tert-alkyl or cyclic N) is 1. The number of hydrogen-bond acceptors (Lipinski definition) is 4. The van der Waals surface area contributed by atoms with Crippen LogP contribution in [0.25, 0.3) is 0 Å². The van der Waals surface area contributed by atoms with Crippen molar-refractivity contribution in [2.75, 3.05) is 20.2 Å². The Kier molecular flexibility index (Phi) is 8.04. The number of allylic oxidation sites excluding steroid dienone is 1. The van der Waals surface area contributed by atoms with E-state index in [-0.39, 0.29) is 48.8 Å². The van der Waals surface area contributed by atoms with Gasteiger partial charge in [-0.25, -0.2) is 0 Å². The molecule has 0 radical (unpaired) electrons. The van der Waals surface area contributed by atoms with Gasteiger partial charge in [0.1, 0.15) is 6.04 Å². The van der Waals surface area contributed by atoms with Crippen molar-refractivity contribution in [3.05, 3.63) is 12.2 Å². The summed E-state index contributed by atoms with van der Waals surface area (Å²) in [7, 11) is 1.58. The monoisotopic (exact) mass is 393 g/mol. The highest BCUT2D eigenvalue weighted by Gasteiger charge is 2.56. The zero-order valence-corrected chi connectivity index (χ0v) is 17.5. The number of hydrogen-bond donors (Lipinski definition) is 3. The molecule has 0 aromatic heterocycles. The van der Waals surface area contributed by atoms with Crippen LogP contribution in [0.1, 0.15) is 46.5 Å². The molecule has 7 nitrogen and oxygen atoms in total. The second kappa shape index (κ2) is 10.0. The molecule has 7 heteroatoms. The van der Waals surface area contributed by atoms with E-state index in [1.807, 2.05) is 19.1 Å². The van der Waals surface area contributed by atoms with Crippen LogP contribution >= 0.6 is 0 Å². The van der Waals surface area contributed by atoms with E-state index in [1.165, 1.54) is 4.90 Å². The number of aliphatic hydroxyl groups is 1. The first-order valence-corrected chi connectivity index (χ1v) is 10.5. The lowest BCUT2D eigenvalue weighted by Crippen LogP contribution is -2.50. The third-order valence-corrected chi connectivity index (χ3v) is 6.00. The van der Waals surface area contributed by atoms with E-state index in [1.54, 1.807) is 7.05 Å². The molecule has 1 aliphatic carbocycles. The fourth-order valence-electron chi connectivity index (χ4n) is 4.81. The van der Waals surface area contributed by atoms with Gasteiger partial charge >= 0.3 is 0 Å². The summed E-state index contributed by atoms with van der Waals surface area (Å²) in [5.41, 5.74) is 0. The highest BCUT2D eigenvalue weighted by Crippen LogP contribution is 2.45. The molecular weight excluding hydrogens is 358 g/mol. The highest BCUT2D eigenvalue weighted by molar-refractivity contribution is 5.96. The highest BCUT2D eigenvalue weighted by atomic mass is 16.3. The van der Waals surface area contributed by atoms with Crippen LogP contribution in [0.15, 0.2) is 12.2 Å². The van der Waals surface area contributed by atoms with Gasteiger partial charge in [-0.2, -0.15) is 0 Å². The van der Waals surface area contributed by atoms with E-state index < -0.39 is 17.9 Å². The van der Waals surface area contributed by atoms with Crippen LogP contribution in [0.5, 0.6) is 0 Å². The standard InChI is InChI=1S/C21H35N3O4/c1-5-7-13(3)23-20(27)18-15-10-9-14(8-6-2)16(19(26)22-4)17(15)21(28)24(18)11-12-25/h9-10,13-18,25H,5-8,11-12H2,1-4H3,(H,22,26)(H,23,27)/t13?,14-,15+,16-,17+,18+/m1/s1. The van der Waals surface area contributed by atoms with Crippen LogP contribution < -0.4 is 10.6 Å². The van der Waals surface area contributed by atoms with Crippen LogP contribution in [-0.4, -0.2) is 60.0 Å². The molecule has 1 aliphatic heterocycles. The Morgan fingerprint density at radius 2 is 1.93 bits per heavy atom. The van der Waals surface area contributed by atoms with E-state index in [2.05, 4.69) is 24.5 Å². The number of amides is 3. The second-order valence-corrected chi connectivity index (χ2v) is 7.98. The molecule has 1 unspecified atom stereocenters. The molecule has 1 fully saturated rings. The fourth-order valence-corrected chi connectivity index (χ4v) is 4.81. The number of carbonyl (C=O) groups excluding carboxylic acids is 3. The number of aliphatic hydroxyl groups excluding tert-OH is 1. The molecule has 3 N–H and O–H groups in total. The van der Waals surface area contributed by atoms with Gasteiger partial charge in [-0.15, -0.1) is 0 Å². The van der Waals surface area contributed by atoms with Crippen molar-refractivity contribution in [1.82, 2.24) is 15.5 Å². The van der Waals surface area contributed by atoms with E-state index in [0.717, 1.165) is 25.7 Å². The average Bonchev–Trinajstić information content (AvgIpc) is 2.94. The van der Waals surface area contributed by atoms with E-state index in [9.17, 15) is 19.5 Å². The lowest BCUT2D eigenvalue weighted by molar-refractivity contribution is -0.141. The quantitative estimate of drug-likeness (QED) is 0.511. The van der Waals surface area contributed by atoms with Gasteiger partial charge in [0.15, 0.2) is 0 Å². The van der Waals surface area contributed by atoms with Crippen LogP contribution in [0.2, 0.25) is 0 Å². The summed E-state index contributed by atoms with van der Waals surface area (Å²) in [5, 5.41) is 15.2. The minimum absolute atomic E-state index is 0.0118. The first-order valence-electron chi connectivity index (χ1n) is 10.5. The van der Waals surface area contributed by atoms with Crippen LogP contribution in [0, 0.1) is 23.7 Å². The molecule has 0 spiro atoms. The normalized spacial score (nSPS) is 30.1. The molecule has 0 saturated carbocycles. The third-order valence-electron chi connectivity index (χ3n) is 6.00. The summed E-state index contributed by atoms with van der Waals surface area (Å²) in [6.07, 6.45) is 7.50. The number of rotatable bonds is 9. The van der Waals surface area contributed by atoms with Crippen molar-refractivity contribution in [3.8, 4) is 0 Å². The van der Waals surface area contributed by atoms with Crippen molar-refractivity contribution < 1.29 is 19.5 Å². The number of nitrogens with zero attached hydrogens (tertiary/aromatic N) is 1. The van der Waals surface area contributed by atoms with Crippen LogP contribution in [-0.2, 0) is 14.4 Å². The summed E-state index contributed by atoms with van der Waals surface area (Å²) in [5.74, 6) is -2.00. The van der Waals surface area contributed by atoms with Crippen molar-refractivity contribution in [2.45, 2.75) is 58.5 Å². The molecule has 2 rings (SSSR count). The molecule has 0 bridgehead atoms. The molecule has 2 aliphatic rings. The number of nitrogens with one attached hydrogen (secondary N) is 2. The SMILES string of the molecule is CCCC(C)NC(=O)[C@@H]1[C@H]2C=C[C@@H](CCC)[C@@H](C(=O)NC)[C@H]2C(=O)N1CCO. The van der Waals surface area contributed by atoms with Gasteiger partial charge in [0.2, 0.25) is 17.7 Å². The summed E-state index contributed by atoms with van der Waals surface area (Å²) in [6, 6.07) is -0.673. The minimum atomic E-state index is -0.685. The minimum Gasteiger partial charge on any atom is -0.395 e. The van der Waals surface area contributed by atoms with Gasteiger partial charge < -0.3 is 20.6 Å². The topological polar surface area (TPSA) is 98.7 Å². The Morgan fingerprint density at radius 3 is 2.50 bits per heavy atom. The maximum absolute atomic E-state index is 13.3. The maximum Gasteiger partial charge on any atom is 0.243 e. The molecule has 1 heterocycles. The first-order chi connectivity index (χ1) is 13.4. The molecule has 158 valence electrons. The third kappa shape index (κ3) is 4.40. The maximum atomic E-state index is 13.3. The summed E-state index contributed by atoms with van der Waals surface area (Å²) >= 11 is 0. The van der Waals surface area contributed by atoms with Crippen LogP contribution in [0.3, 0.4) is 0 Å². The van der Waals surface area contributed by atoms with Crippen molar-refractivity contribution in [2.24, 2.45) is 23.7 Å². The predicted octanol–water partition coefficient (Wildman–Crippen LogP) is 1.08. The van der Waals surface area contributed by atoms with Crippen molar-refractivity contribution in [1.29, 1.82) is 0 Å². The predicted molar refractivity (Wildman–Crippen MR) is 107 cm³/mol. The summed E-state index contributed by atoms with van der Waals surface area (Å²) in [4.78, 5) is 40.5. The Bertz CT molecular complexity index is 606. The summed E-state index contributed by atoms with van der Waals surface area (Å²) in [6.45, 7) is 5.95. The molecule has 0 aromatic carbocycles. The average molecular weight is 394 g/mol. The Morgan fingerprint density at radius 1 is 1.21 bits per heavy atom. The number of carbonyl (C=O) groups is 3. The Labute approximate surface area is 167 Å². The zero-order chi connectivity index (χ0) is 20.8. The van der Waals surface area contributed by atoms with Crippen LogP contribution in [0.4, 0.5) is 0 Å². The van der Waals surface area contributed by atoms with E-state index >= 15 is 0 Å². The zero-order valence-electron chi connectivity index (χ0n) is 17.5. The smallest absolute Gasteiger partial charge is 0.243 e. The van der Waals surface area contributed by atoms with Gasteiger partial charge in [0.25, 0.3) is 0 Å². The lowest BCUT2D eigenvalue weighted by Gasteiger charge is -2.34. The van der Waals surface area contributed by atoms with E-state index in [4.69, 9.17) is 0 Å². The molecule has 3 amide bonds. The van der Waals surface area contributed by atoms with Gasteiger partial charge in [0, 0.05) is 25.6 Å². The largest absolute Gasteiger partial charge is 0.395 e. The second-order valence-electron chi connectivity index (χ2n) is 7.98. The fraction of sp³-hybridized carbons (Fsp3) is 0.762. The Balaban J connectivity index is 2.38. The van der Waals surface area contributed by atoms with Crippen molar-refractivity contribution in [3.63, 3.8) is 0 Å². The van der Waals surface area contributed by atoms with Gasteiger partial charge in [-0.05, 0) is 25.7 Å². The molecular formula is C21H35N3O4. The summed E-state index contributed by atoms with van der Waals surface area (Å²) < 4.78 is 0.